The normalized spacial score (nSPS) is 12.5. The van der Waals surface area contributed by atoms with Crippen LogP contribution >= 0.6 is 31.9 Å². The Morgan fingerprint density at radius 1 is 0.682 bits per heavy atom. The van der Waals surface area contributed by atoms with Crippen LogP contribution in [0, 0.1) is 0 Å². The number of hydrogen-bond acceptors (Lipinski definition) is 2. The Morgan fingerprint density at radius 3 is 1.27 bits per heavy atom. The Kier molecular flexibility index (Phi) is 4.45. The minimum absolute atomic E-state index is 0.118. The van der Waals surface area contributed by atoms with Gasteiger partial charge in [-0.1, -0.05) is 0 Å². The molecule has 2 rings (SSSR count). The van der Waals surface area contributed by atoms with Crippen LogP contribution < -0.4 is 0 Å². The summed E-state index contributed by atoms with van der Waals surface area (Å²) in [7, 11) is 0. The van der Waals surface area contributed by atoms with Crippen molar-refractivity contribution in [1.29, 1.82) is 0 Å². The van der Waals surface area contributed by atoms with E-state index in [0.29, 0.717) is 0 Å². The summed E-state index contributed by atoms with van der Waals surface area (Å²) >= 11 is 5.63. The molecule has 2 N–H and O–H groups in total. The quantitative estimate of drug-likeness (QED) is 0.614. The number of halogens is 6. The Bertz CT molecular complexity index is 658. The highest BCUT2D eigenvalue weighted by Gasteiger charge is 2.58. The molecule has 0 aromatic heterocycles. The fraction of sp³-hybridized carbons (Fsp3) is 0.143. The van der Waals surface area contributed by atoms with Crippen LogP contribution in [0.1, 0.15) is 11.1 Å². The van der Waals surface area contributed by atoms with Gasteiger partial charge in [0.2, 0.25) is 0 Å². The number of alkyl halides is 4. The van der Waals surface area contributed by atoms with Crippen molar-refractivity contribution in [2.24, 2.45) is 0 Å². The van der Waals surface area contributed by atoms with Crippen molar-refractivity contribution in [3.8, 4) is 11.5 Å². The lowest BCUT2D eigenvalue weighted by Crippen LogP contribution is -2.35. The number of benzene rings is 2. The maximum absolute atomic E-state index is 14.2. The predicted molar refractivity (Wildman–Crippen MR) is 79.4 cm³/mol. The molecule has 0 radical (unpaired) electrons. The molecule has 0 bridgehead atoms. The van der Waals surface area contributed by atoms with E-state index in [1.54, 1.807) is 0 Å². The molecule has 2 aromatic rings. The molecule has 118 valence electrons. The zero-order chi connectivity index (χ0) is 16.7. The SMILES string of the molecule is Oc1ccc(C(F)(F)C(F)(F)c2ccc(O)c(Br)c2)cc1Br. The number of hydrogen-bond donors (Lipinski definition) is 2. The van der Waals surface area contributed by atoms with Crippen LogP contribution in [0.25, 0.3) is 0 Å². The zero-order valence-corrected chi connectivity index (χ0v) is 13.8. The predicted octanol–water partition coefficient (Wildman–Crippen LogP) is 5.51. The fourth-order valence-corrected chi connectivity index (χ4v) is 2.52. The topological polar surface area (TPSA) is 40.5 Å². The number of phenols is 2. The largest absolute Gasteiger partial charge is 0.507 e. The molecule has 0 fully saturated rings. The molecule has 2 aromatic carbocycles. The van der Waals surface area contributed by atoms with Gasteiger partial charge in [0.25, 0.3) is 0 Å². The van der Waals surface area contributed by atoms with E-state index in [1.165, 1.54) is 0 Å². The van der Waals surface area contributed by atoms with Gasteiger partial charge < -0.3 is 10.2 Å². The molecule has 0 aliphatic rings. The first-order valence-electron chi connectivity index (χ1n) is 5.81. The van der Waals surface area contributed by atoms with Gasteiger partial charge in [-0.3, -0.25) is 0 Å². The summed E-state index contributed by atoms with van der Waals surface area (Å²) in [6, 6.07) is 4.72. The van der Waals surface area contributed by atoms with Gasteiger partial charge in [0.1, 0.15) is 11.5 Å². The first-order valence-corrected chi connectivity index (χ1v) is 7.39. The molecule has 0 heterocycles. The van der Waals surface area contributed by atoms with Gasteiger partial charge in [0.15, 0.2) is 0 Å². The van der Waals surface area contributed by atoms with E-state index in [4.69, 9.17) is 0 Å². The molecular formula is C14H8Br2F4O2. The molecule has 0 saturated carbocycles. The van der Waals surface area contributed by atoms with Crippen molar-refractivity contribution in [3.63, 3.8) is 0 Å². The molecule has 0 aliphatic heterocycles. The highest BCUT2D eigenvalue weighted by Crippen LogP contribution is 2.51. The first kappa shape index (κ1) is 17.1. The smallest absolute Gasteiger partial charge is 0.339 e. The minimum atomic E-state index is -4.51. The minimum Gasteiger partial charge on any atom is -0.507 e. The summed E-state index contributed by atoms with van der Waals surface area (Å²) in [6.45, 7) is 0. The second-order valence-corrected chi connectivity index (χ2v) is 6.19. The Labute approximate surface area is 139 Å². The van der Waals surface area contributed by atoms with E-state index in [1.807, 2.05) is 0 Å². The van der Waals surface area contributed by atoms with E-state index in [9.17, 15) is 27.8 Å². The maximum atomic E-state index is 14.2. The van der Waals surface area contributed by atoms with E-state index >= 15 is 0 Å². The third kappa shape index (κ3) is 2.81. The second-order valence-electron chi connectivity index (χ2n) is 4.48. The average Bonchev–Trinajstić information content (AvgIpc) is 2.44. The van der Waals surface area contributed by atoms with Crippen LogP contribution in [0.3, 0.4) is 0 Å². The van der Waals surface area contributed by atoms with Crippen molar-refractivity contribution < 1.29 is 27.8 Å². The van der Waals surface area contributed by atoms with Crippen LogP contribution in [0.5, 0.6) is 11.5 Å². The Balaban J connectivity index is 2.53. The van der Waals surface area contributed by atoms with Crippen LogP contribution in [0.2, 0.25) is 0 Å². The summed E-state index contributed by atoms with van der Waals surface area (Å²) in [4.78, 5) is 0. The highest BCUT2D eigenvalue weighted by molar-refractivity contribution is 9.10. The van der Waals surface area contributed by atoms with Crippen LogP contribution in [-0.2, 0) is 11.8 Å². The summed E-state index contributed by atoms with van der Waals surface area (Å²) < 4.78 is 56.7. The standard InChI is InChI=1S/C14H8Br2F4O2/c15-9-5-7(1-3-11(9)21)13(17,18)14(19,20)8-2-4-12(22)10(16)6-8/h1-6,21-22H. The van der Waals surface area contributed by atoms with Crippen molar-refractivity contribution in [2.45, 2.75) is 11.8 Å². The summed E-state index contributed by atoms with van der Waals surface area (Å²) in [5, 5.41) is 18.6. The lowest BCUT2D eigenvalue weighted by Gasteiger charge is -2.27. The van der Waals surface area contributed by atoms with Crippen molar-refractivity contribution in [1.82, 2.24) is 0 Å². The Morgan fingerprint density at radius 2 is 1.00 bits per heavy atom. The molecule has 0 atom stereocenters. The number of aromatic hydroxyl groups is 2. The van der Waals surface area contributed by atoms with Gasteiger partial charge in [-0.15, -0.1) is 0 Å². The van der Waals surface area contributed by atoms with Crippen LogP contribution in [0.4, 0.5) is 17.6 Å². The Hall–Kier alpha value is -1.28. The van der Waals surface area contributed by atoms with E-state index in [2.05, 4.69) is 31.9 Å². The monoisotopic (exact) mass is 442 g/mol. The van der Waals surface area contributed by atoms with Gasteiger partial charge in [-0.2, -0.15) is 17.6 Å². The van der Waals surface area contributed by atoms with Gasteiger partial charge in [0, 0.05) is 11.1 Å². The zero-order valence-electron chi connectivity index (χ0n) is 10.6. The fourth-order valence-electron chi connectivity index (χ4n) is 1.77. The molecule has 0 unspecified atom stereocenters. The van der Waals surface area contributed by atoms with Crippen molar-refractivity contribution in [3.05, 3.63) is 56.5 Å². The second kappa shape index (κ2) is 5.73. The van der Waals surface area contributed by atoms with Crippen LogP contribution in [0.15, 0.2) is 45.3 Å². The van der Waals surface area contributed by atoms with E-state index < -0.39 is 23.0 Å². The van der Waals surface area contributed by atoms with Crippen molar-refractivity contribution >= 4 is 31.9 Å². The molecule has 0 amide bonds. The van der Waals surface area contributed by atoms with Gasteiger partial charge in [-0.05, 0) is 68.3 Å². The molecular weight excluding hydrogens is 436 g/mol. The molecule has 22 heavy (non-hydrogen) atoms. The summed E-state index contributed by atoms with van der Waals surface area (Å²) in [6.07, 6.45) is 0. The lowest BCUT2D eigenvalue weighted by molar-refractivity contribution is -0.223. The number of rotatable bonds is 3. The molecule has 0 saturated heterocycles. The van der Waals surface area contributed by atoms with E-state index in [0.717, 1.165) is 36.4 Å². The van der Waals surface area contributed by atoms with Gasteiger partial charge >= 0.3 is 11.8 Å². The lowest BCUT2D eigenvalue weighted by atomic mass is 9.96. The maximum Gasteiger partial charge on any atom is 0.339 e. The van der Waals surface area contributed by atoms with Gasteiger partial charge in [-0.25, -0.2) is 0 Å². The van der Waals surface area contributed by atoms with Crippen molar-refractivity contribution in [2.75, 3.05) is 0 Å². The molecule has 2 nitrogen and oxygen atoms in total. The number of phenolic OH excluding ortho intramolecular Hbond substituents is 2. The highest BCUT2D eigenvalue weighted by atomic mass is 79.9. The third-order valence-electron chi connectivity index (χ3n) is 3.01. The summed E-state index contributed by atoms with van der Waals surface area (Å²) in [5.74, 6) is -9.70. The summed E-state index contributed by atoms with van der Waals surface area (Å²) in [5.41, 5.74) is -1.90. The van der Waals surface area contributed by atoms with E-state index in [-0.39, 0.29) is 20.4 Å². The average molecular weight is 444 g/mol. The first-order chi connectivity index (χ1) is 10.1. The third-order valence-corrected chi connectivity index (χ3v) is 4.29. The van der Waals surface area contributed by atoms with Gasteiger partial charge in [0.05, 0.1) is 8.95 Å². The molecule has 0 aliphatic carbocycles. The molecule has 8 heteroatoms. The van der Waals surface area contributed by atoms with Crippen LogP contribution in [-0.4, -0.2) is 10.2 Å². The molecule has 0 spiro atoms.